The Hall–Kier alpha value is -3.60. The van der Waals surface area contributed by atoms with Gasteiger partial charge in [-0.15, -0.1) is 0 Å². The summed E-state index contributed by atoms with van der Waals surface area (Å²) in [6, 6.07) is 22.3. The van der Waals surface area contributed by atoms with Crippen molar-refractivity contribution < 1.29 is 9.53 Å². The van der Waals surface area contributed by atoms with E-state index >= 15 is 0 Å². The Morgan fingerprint density at radius 2 is 1.68 bits per heavy atom. The minimum Gasteiger partial charge on any atom is -0.493 e. The summed E-state index contributed by atoms with van der Waals surface area (Å²) in [7, 11) is 0. The molecule has 0 spiro atoms. The van der Waals surface area contributed by atoms with Gasteiger partial charge in [0, 0.05) is 25.1 Å². The summed E-state index contributed by atoms with van der Waals surface area (Å²) in [5.74, 6) is 2.15. The smallest absolute Gasteiger partial charge is 0.251 e. The van der Waals surface area contributed by atoms with Crippen LogP contribution in [0, 0.1) is 20.8 Å². The molecule has 0 bridgehead atoms. The Balaban J connectivity index is 1.22. The first kappa shape index (κ1) is 26.5. The maximum absolute atomic E-state index is 12.3. The summed E-state index contributed by atoms with van der Waals surface area (Å²) in [4.78, 5) is 17.2. The average Bonchev–Trinajstić information content (AvgIpc) is 3.25. The number of aromatic nitrogens is 2. The van der Waals surface area contributed by atoms with Crippen LogP contribution in [0.1, 0.15) is 65.0 Å². The summed E-state index contributed by atoms with van der Waals surface area (Å²) in [5.41, 5.74) is 6.64. The molecule has 3 aromatic carbocycles. The van der Waals surface area contributed by atoms with Crippen molar-refractivity contribution in [1.82, 2.24) is 14.9 Å². The van der Waals surface area contributed by atoms with Gasteiger partial charge in [0.15, 0.2) is 0 Å². The van der Waals surface area contributed by atoms with Gasteiger partial charge in [-0.25, -0.2) is 4.98 Å². The van der Waals surface area contributed by atoms with Gasteiger partial charge >= 0.3 is 0 Å². The van der Waals surface area contributed by atoms with E-state index in [4.69, 9.17) is 9.72 Å². The molecule has 1 N–H and O–H groups in total. The molecule has 0 fully saturated rings. The molecule has 0 saturated heterocycles. The standard InChI is InChI=1S/C32H39N3O2/c1-24-17-19-27(20-18-24)32(36)33-21-8-4-5-16-31-34-28-13-6-7-14-29(28)35(31)22-9-10-23-37-30-15-11-12-25(2)26(30)3/h6-7,11-15,17-20H,4-5,8-10,16,21-23H2,1-3H3,(H,33,36). The first-order valence-electron chi connectivity index (χ1n) is 13.5. The highest BCUT2D eigenvalue weighted by molar-refractivity contribution is 5.94. The lowest BCUT2D eigenvalue weighted by atomic mass is 10.1. The number of rotatable bonds is 13. The van der Waals surface area contributed by atoms with Gasteiger partial charge in [-0.3, -0.25) is 4.79 Å². The van der Waals surface area contributed by atoms with Crippen molar-refractivity contribution >= 4 is 16.9 Å². The number of hydrogen-bond donors (Lipinski definition) is 1. The van der Waals surface area contributed by atoms with Gasteiger partial charge in [0.2, 0.25) is 0 Å². The number of imidazole rings is 1. The molecule has 0 atom stereocenters. The number of hydrogen-bond acceptors (Lipinski definition) is 3. The van der Waals surface area contributed by atoms with Crippen LogP contribution in [0.3, 0.4) is 0 Å². The molecular weight excluding hydrogens is 458 g/mol. The Kier molecular flexibility index (Phi) is 9.36. The van der Waals surface area contributed by atoms with Crippen molar-refractivity contribution in [2.45, 2.75) is 65.8 Å². The summed E-state index contributed by atoms with van der Waals surface area (Å²) in [6.45, 7) is 8.63. The van der Waals surface area contributed by atoms with E-state index in [1.165, 1.54) is 16.6 Å². The number of para-hydroxylation sites is 2. The third-order valence-corrected chi connectivity index (χ3v) is 7.00. The highest BCUT2D eigenvalue weighted by Crippen LogP contribution is 2.22. The van der Waals surface area contributed by atoms with E-state index < -0.39 is 0 Å². The van der Waals surface area contributed by atoms with Crippen LogP contribution in [-0.2, 0) is 13.0 Å². The fourth-order valence-corrected chi connectivity index (χ4v) is 4.59. The monoisotopic (exact) mass is 497 g/mol. The number of aryl methyl sites for hydroxylation is 4. The van der Waals surface area contributed by atoms with Gasteiger partial charge < -0.3 is 14.6 Å². The van der Waals surface area contributed by atoms with E-state index in [1.807, 2.05) is 31.2 Å². The third-order valence-electron chi connectivity index (χ3n) is 7.00. The van der Waals surface area contributed by atoms with E-state index in [1.54, 1.807) is 0 Å². The molecule has 4 rings (SSSR count). The fraction of sp³-hybridized carbons (Fsp3) is 0.375. The molecule has 0 aliphatic rings. The minimum atomic E-state index is 0.00308. The summed E-state index contributed by atoms with van der Waals surface area (Å²) < 4.78 is 8.43. The van der Waals surface area contributed by atoms with Gasteiger partial charge in [-0.05, 0) is 87.9 Å². The van der Waals surface area contributed by atoms with Crippen LogP contribution in [0.4, 0.5) is 0 Å². The van der Waals surface area contributed by atoms with E-state index in [2.05, 4.69) is 66.2 Å². The van der Waals surface area contributed by atoms with Crippen LogP contribution >= 0.6 is 0 Å². The number of fused-ring (bicyclic) bond motifs is 1. The lowest BCUT2D eigenvalue weighted by Crippen LogP contribution is -2.24. The lowest BCUT2D eigenvalue weighted by Gasteiger charge is -2.12. The second-order valence-corrected chi connectivity index (χ2v) is 9.85. The second-order valence-electron chi connectivity index (χ2n) is 9.85. The number of nitrogens with one attached hydrogen (secondary N) is 1. The van der Waals surface area contributed by atoms with Crippen molar-refractivity contribution in [3.63, 3.8) is 0 Å². The number of amides is 1. The molecule has 1 heterocycles. The lowest BCUT2D eigenvalue weighted by molar-refractivity contribution is 0.0953. The van der Waals surface area contributed by atoms with E-state index in [-0.39, 0.29) is 5.91 Å². The Morgan fingerprint density at radius 3 is 2.51 bits per heavy atom. The SMILES string of the molecule is Cc1ccc(C(=O)NCCCCCc2nc3ccccc3n2CCCCOc2cccc(C)c2C)cc1. The first-order chi connectivity index (χ1) is 18.0. The Labute approximate surface area is 220 Å². The van der Waals surface area contributed by atoms with Crippen molar-refractivity contribution in [3.05, 3.63) is 94.8 Å². The maximum atomic E-state index is 12.3. The van der Waals surface area contributed by atoms with E-state index in [0.29, 0.717) is 6.54 Å². The van der Waals surface area contributed by atoms with Crippen LogP contribution in [0.5, 0.6) is 5.75 Å². The fourth-order valence-electron chi connectivity index (χ4n) is 4.59. The number of carbonyl (C=O) groups excluding carboxylic acids is 1. The molecule has 0 saturated carbocycles. The van der Waals surface area contributed by atoms with Crippen LogP contribution in [-0.4, -0.2) is 28.6 Å². The molecule has 1 aromatic heterocycles. The van der Waals surface area contributed by atoms with Crippen LogP contribution in [0.15, 0.2) is 66.7 Å². The predicted octanol–water partition coefficient (Wildman–Crippen LogP) is 6.96. The number of nitrogens with zero attached hydrogens (tertiary/aromatic N) is 2. The topological polar surface area (TPSA) is 56.2 Å². The molecule has 37 heavy (non-hydrogen) atoms. The Bertz CT molecular complexity index is 1310. The molecule has 194 valence electrons. The van der Waals surface area contributed by atoms with Gasteiger partial charge in [0.1, 0.15) is 11.6 Å². The van der Waals surface area contributed by atoms with Crippen LogP contribution in [0.25, 0.3) is 11.0 Å². The zero-order chi connectivity index (χ0) is 26.0. The summed E-state index contributed by atoms with van der Waals surface area (Å²) >= 11 is 0. The first-order valence-corrected chi connectivity index (χ1v) is 13.5. The molecular formula is C32H39N3O2. The molecule has 0 aliphatic heterocycles. The molecule has 5 heteroatoms. The number of unbranched alkanes of at least 4 members (excludes halogenated alkanes) is 3. The normalized spacial score (nSPS) is 11.1. The van der Waals surface area contributed by atoms with Crippen molar-refractivity contribution in [1.29, 1.82) is 0 Å². The van der Waals surface area contributed by atoms with Gasteiger partial charge in [0.05, 0.1) is 17.6 Å². The molecule has 1 amide bonds. The largest absolute Gasteiger partial charge is 0.493 e. The number of ether oxygens (including phenoxy) is 1. The van der Waals surface area contributed by atoms with Crippen molar-refractivity contribution in [3.8, 4) is 5.75 Å². The zero-order valence-electron chi connectivity index (χ0n) is 22.4. The summed E-state index contributed by atoms with van der Waals surface area (Å²) in [5, 5.41) is 3.04. The van der Waals surface area contributed by atoms with Gasteiger partial charge in [-0.2, -0.15) is 0 Å². The predicted molar refractivity (Wildman–Crippen MR) is 151 cm³/mol. The molecule has 0 aliphatic carbocycles. The molecule has 0 radical (unpaired) electrons. The average molecular weight is 498 g/mol. The number of carbonyl (C=O) groups is 1. The van der Waals surface area contributed by atoms with E-state index in [9.17, 15) is 4.79 Å². The van der Waals surface area contributed by atoms with Gasteiger partial charge in [0.25, 0.3) is 5.91 Å². The molecule has 4 aromatic rings. The van der Waals surface area contributed by atoms with Crippen LogP contribution < -0.4 is 10.1 Å². The Morgan fingerprint density at radius 1 is 0.865 bits per heavy atom. The maximum Gasteiger partial charge on any atom is 0.251 e. The summed E-state index contributed by atoms with van der Waals surface area (Å²) in [6.07, 6.45) is 6.07. The third kappa shape index (κ3) is 7.22. The number of benzene rings is 3. The van der Waals surface area contributed by atoms with Crippen molar-refractivity contribution in [2.24, 2.45) is 0 Å². The van der Waals surface area contributed by atoms with Gasteiger partial charge in [-0.1, -0.05) is 48.4 Å². The highest BCUT2D eigenvalue weighted by atomic mass is 16.5. The second kappa shape index (κ2) is 13.1. The van der Waals surface area contributed by atoms with Crippen molar-refractivity contribution in [2.75, 3.05) is 13.2 Å². The minimum absolute atomic E-state index is 0.00308. The quantitative estimate of drug-likeness (QED) is 0.203. The van der Waals surface area contributed by atoms with Crippen LogP contribution in [0.2, 0.25) is 0 Å². The molecule has 0 unspecified atom stereocenters. The highest BCUT2D eigenvalue weighted by Gasteiger charge is 2.11. The molecule has 5 nitrogen and oxygen atoms in total. The zero-order valence-corrected chi connectivity index (χ0v) is 22.4. The van der Waals surface area contributed by atoms with E-state index in [0.717, 1.165) is 79.9 Å².